The monoisotopic (exact) mass is 493 g/mol. The Labute approximate surface area is 215 Å². The van der Waals surface area contributed by atoms with Crippen molar-refractivity contribution in [3.63, 3.8) is 0 Å². The molecule has 0 spiro atoms. The molecule has 0 bridgehead atoms. The lowest BCUT2D eigenvalue weighted by atomic mass is 10.1. The SMILES string of the molecule is C/C(=N/NC(=O)c1ccc(CSCc2ccccc2)cc1)c1cccc(NC(=O)c2ccccc2)c1. The molecule has 0 heterocycles. The first-order chi connectivity index (χ1) is 17.6. The first kappa shape index (κ1) is 24.9. The van der Waals surface area contributed by atoms with E-state index in [4.69, 9.17) is 0 Å². The highest BCUT2D eigenvalue weighted by atomic mass is 32.2. The van der Waals surface area contributed by atoms with Crippen LogP contribution >= 0.6 is 11.8 Å². The van der Waals surface area contributed by atoms with Gasteiger partial charge in [-0.3, -0.25) is 9.59 Å². The lowest BCUT2D eigenvalue weighted by Crippen LogP contribution is -2.19. The summed E-state index contributed by atoms with van der Waals surface area (Å²) >= 11 is 1.84. The lowest BCUT2D eigenvalue weighted by Gasteiger charge is -2.08. The second-order valence-corrected chi connectivity index (χ2v) is 9.20. The van der Waals surface area contributed by atoms with Gasteiger partial charge in [0.05, 0.1) is 5.71 Å². The molecule has 180 valence electrons. The van der Waals surface area contributed by atoms with Crippen LogP contribution in [0.3, 0.4) is 0 Å². The molecule has 0 unspecified atom stereocenters. The highest BCUT2D eigenvalue weighted by Crippen LogP contribution is 2.18. The Kier molecular flexibility index (Phi) is 8.67. The van der Waals surface area contributed by atoms with Crippen molar-refractivity contribution in [3.05, 3.63) is 137 Å². The Morgan fingerprint density at radius 3 is 1.94 bits per heavy atom. The van der Waals surface area contributed by atoms with Gasteiger partial charge in [0.2, 0.25) is 0 Å². The van der Waals surface area contributed by atoms with Crippen LogP contribution in [-0.2, 0) is 11.5 Å². The number of hydrazone groups is 1. The number of carbonyl (C=O) groups excluding carboxylic acids is 2. The summed E-state index contributed by atoms with van der Waals surface area (Å²) < 4.78 is 0. The van der Waals surface area contributed by atoms with E-state index in [1.165, 1.54) is 11.1 Å². The van der Waals surface area contributed by atoms with Crippen molar-refractivity contribution < 1.29 is 9.59 Å². The number of carbonyl (C=O) groups is 2. The molecular weight excluding hydrogens is 466 g/mol. The summed E-state index contributed by atoms with van der Waals surface area (Å²) in [5, 5.41) is 7.15. The molecule has 5 nitrogen and oxygen atoms in total. The van der Waals surface area contributed by atoms with E-state index >= 15 is 0 Å². The number of amides is 2. The van der Waals surface area contributed by atoms with Gasteiger partial charge >= 0.3 is 0 Å². The molecule has 4 rings (SSSR count). The average molecular weight is 494 g/mol. The minimum absolute atomic E-state index is 0.183. The minimum Gasteiger partial charge on any atom is -0.322 e. The van der Waals surface area contributed by atoms with Gasteiger partial charge in [-0.2, -0.15) is 16.9 Å². The molecular formula is C30H27N3O2S. The maximum Gasteiger partial charge on any atom is 0.271 e. The summed E-state index contributed by atoms with van der Waals surface area (Å²) in [5.41, 5.74) is 8.31. The zero-order chi connectivity index (χ0) is 25.2. The van der Waals surface area contributed by atoms with Gasteiger partial charge in [0.25, 0.3) is 11.8 Å². The predicted octanol–water partition coefficient (Wildman–Crippen LogP) is 6.53. The summed E-state index contributed by atoms with van der Waals surface area (Å²) in [6, 6.07) is 34.4. The fourth-order valence-corrected chi connectivity index (χ4v) is 4.45. The maximum atomic E-state index is 12.6. The zero-order valence-corrected chi connectivity index (χ0v) is 20.8. The standard InChI is InChI=1S/C30H27N3O2S/c1-22(27-13-8-14-28(19-27)31-29(34)25-11-6-3-7-12-25)32-33-30(35)26-17-15-24(16-18-26)21-36-20-23-9-4-2-5-10-23/h2-19H,20-21H2,1H3,(H,31,34)(H,33,35)/b32-22-. The number of nitrogens with one attached hydrogen (secondary N) is 2. The summed E-state index contributed by atoms with van der Waals surface area (Å²) in [4.78, 5) is 25.0. The molecule has 0 saturated carbocycles. The van der Waals surface area contributed by atoms with Crippen molar-refractivity contribution in [1.82, 2.24) is 5.43 Å². The van der Waals surface area contributed by atoms with Gasteiger partial charge in [0.15, 0.2) is 0 Å². The fourth-order valence-electron chi connectivity index (χ4n) is 3.49. The summed E-state index contributed by atoms with van der Waals surface area (Å²) in [6.07, 6.45) is 0. The molecule has 2 N–H and O–H groups in total. The highest BCUT2D eigenvalue weighted by Gasteiger charge is 2.08. The van der Waals surface area contributed by atoms with Crippen molar-refractivity contribution in [2.45, 2.75) is 18.4 Å². The zero-order valence-electron chi connectivity index (χ0n) is 20.0. The van der Waals surface area contributed by atoms with Crippen LogP contribution in [0.2, 0.25) is 0 Å². The van der Waals surface area contributed by atoms with E-state index in [0.29, 0.717) is 22.5 Å². The Hall–Kier alpha value is -4.16. The highest BCUT2D eigenvalue weighted by molar-refractivity contribution is 7.97. The van der Waals surface area contributed by atoms with Crippen molar-refractivity contribution in [2.24, 2.45) is 5.10 Å². The number of thioether (sulfide) groups is 1. The van der Waals surface area contributed by atoms with Crippen LogP contribution in [0.1, 0.15) is 44.3 Å². The number of rotatable bonds is 9. The molecule has 4 aromatic rings. The molecule has 6 heteroatoms. The third-order valence-corrected chi connectivity index (χ3v) is 6.57. The van der Waals surface area contributed by atoms with Crippen LogP contribution in [0.4, 0.5) is 5.69 Å². The van der Waals surface area contributed by atoms with Crippen molar-refractivity contribution in [2.75, 3.05) is 5.32 Å². The second kappa shape index (κ2) is 12.5. The van der Waals surface area contributed by atoms with Gasteiger partial charge in [-0.15, -0.1) is 0 Å². The van der Waals surface area contributed by atoms with E-state index in [-0.39, 0.29) is 11.8 Å². The van der Waals surface area contributed by atoms with Gasteiger partial charge < -0.3 is 5.32 Å². The van der Waals surface area contributed by atoms with Crippen molar-refractivity contribution in [3.8, 4) is 0 Å². The lowest BCUT2D eigenvalue weighted by molar-refractivity contribution is 0.0954. The molecule has 0 fully saturated rings. The Balaban J connectivity index is 1.30. The Morgan fingerprint density at radius 2 is 1.25 bits per heavy atom. The van der Waals surface area contributed by atoms with Crippen LogP contribution < -0.4 is 10.7 Å². The molecule has 0 saturated heterocycles. The number of nitrogens with zero attached hydrogens (tertiary/aromatic N) is 1. The number of anilines is 1. The number of benzene rings is 4. The van der Waals surface area contributed by atoms with Gasteiger partial charge in [-0.25, -0.2) is 5.43 Å². The van der Waals surface area contributed by atoms with Crippen molar-refractivity contribution in [1.29, 1.82) is 0 Å². The summed E-state index contributed by atoms with van der Waals surface area (Å²) in [6.45, 7) is 1.81. The smallest absolute Gasteiger partial charge is 0.271 e. The Morgan fingerprint density at radius 1 is 0.667 bits per heavy atom. The van der Waals surface area contributed by atoms with Gasteiger partial charge in [0.1, 0.15) is 0 Å². The fraction of sp³-hybridized carbons (Fsp3) is 0.100. The maximum absolute atomic E-state index is 12.6. The normalized spacial score (nSPS) is 11.1. The third kappa shape index (κ3) is 7.17. The third-order valence-electron chi connectivity index (χ3n) is 5.50. The Bertz CT molecular complexity index is 1340. The molecule has 0 atom stereocenters. The van der Waals surface area contributed by atoms with E-state index in [9.17, 15) is 9.59 Å². The van der Waals surface area contributed by atoms with Crippen LogP contribution in [0, 0.1) is 0 Å². The molecule has 36 heavy (non-hydrogen) atoms. The number of hydrogen-bond acceptors (Lipinski definition) is 4. The molecule has 0 aromatic heterocycles. The predicted molar refractivity (Wildman–Crippen MR) is 148 cm³/mol. The van der Waals surface area contributed by atoms with Crippen LogP contribution in [0.5, 0.6) is 0 Å². The molecule has 4 aromatic carbocycles. The quantitative estimate of drug-likeness (QED) is 0.206. The van der Waals surface area contributed by atoms with E-state index in [1.807, 2.05) is 104 Å². The first-order valence-corrected chi connectivity index (χ1v) is 12.8. The van der Waals surface area contributed by atoms with Crippen LogP contribution in [0.25, 0.3) is 0 Å². The topological polar surface area (TPSA) is 70.6 Å². The minimum atomic E-state index is -0.272. The molecule has 0 radical (unpaired) electrons. The summed E-state index contributed by atoms with van der Waals surface area (Å²) in [7, 11) is 0. The van der Waals surface area contributed by atoms with Crippen molar-refractivity contribution >= 4 is 35.0 Å². The molecule has 2 amide bonds. The van der Waals surface area contributed by atoms with E-state index in [2.05, 4.69) is 28.0 Å². The second-order valence-electron chi connectivity index (χ2n) is 8.21. The van der Waals surface area contributed by atoms with E-state index in [1.54, 1.807) is 12.1 Å². The first-order valence-electron chi connectivity index (χ1n) is 11.6. The largest absolute Gasteiger partial charge is 0.322 e. The van der Waals surface area contributed by atoms with Gasteiger partial charge in [0, 0.05) is 28.3 Å². The average Bonchev–Trinajstić information content (AvgIpc) is 2.93. The van der Waals surface area contributed by atoms with Crippen LogP contribution in [-0.4, -0.2) is 17.5 Å². The van der Waals surface area contributed by atoms with Gasteiger partial charge in [-0.05, 0) is 60.0 Å². The molecule has 0 aliphatic rings. The molecule has 0 aliphatic carbocycles. The van der Waals surface area contributed by atoms with E-state index < -0.39 is 0 Å². The molecule has 0 aliphatic heterocycles. The van der Waals surface area contributed by atoms with Gasteiger partial charge in [-0.1, -0.05) is 72.8 Å². The number of hydrogen-bond donors (Lipinski definition) is 2. The summed E-state index contributed by atoms with van der Waals surface area (Å²) in [5.74, 6) is 1.38. The van der Waals surface area contributed by atoms with Crippen LogP contribution in [0.15, 0.2) is 114 Å². The van der Waals surface area contributed by atoms with E-state index in [0.717, 1.165) is 17.1 Å².